The van der Waals surface area contributed by atoms with Gasteiger partial charge in [-0.3, -0.25) is 0 Å². The maximum absolute atomic E-state index is 5.31. The number of methoxy groups -OCH3 is 2. The molecule has 0 aliphatic carbocycles. The molecule has 0 aromatic rings. The Balaban J connectivity index is 0. The summed E-state index contributed by atoms with van der Waals surface area (Å²) in [5.41, 5.74) is 0. The van der Waals surface area contributed by atoms with Crippen molar-refractivity contribution in [1.29, 1.82) is 0 Å². The zero-order valence-corrected chi connectivity index (χ0v) is 13.0. The molecular weight excluding hydrogens is 224 g/mol. The highest BCUT2D eigenvalue weighted by Crippen LogP contribution is 2.10. The van der Waals surface area contributed by atoms with E-state index in [1.807, 2.05) is 6.92 Å². The number of hydrogen-bond donors (Lipinski definition) is 0. The van der Waals surface area contributed by atoms with Crippen LogP contribution in [0.15, 0.2) is 12.7 Å². The van der Waals surface area contributed by atoms with Crippen LogP contribution in [0.4, 0.5) is 0 Å². The summed E-state index contributed by atoms with van der Waals surface area (Å²) < 4.78 is 10.4. The van der Waals surface area contributed by atoms with Gasteiger partial charge in [-0.05, 0) is 13.3 Å². The molecule has 0 fully saturated rings. The Bertz CT molecular complexity index is 146. The van der Waals surface area contributed by atoms with Crippen molar-refractivity contribution >= 4 is 0 Å². The first-order chi connectivity index (χ1) is 8.76. The zero-order valence-electron chi connectivity index (χ0n) is 13.0. The van der Waals surface area contributed by atoms with Gasteiger partial charge < -0.3 is 9.47 Å². The van der Waals surface area contributed by atoms with Gasteiger partial charge in [0.05, 0.1) is 12.7 Å². The van der Waals surface area contributed by atoms with Gasteiger partial charge in [-0.1, -0.05) is 57.9 Å². The number of hydrogen-bond acceptors (Lipinski definition) is 2. The smallest absolute Gasteiger partial charge is 0.0804 e. The molecule has 0 spiro atoms. The average molecular weight is 258 g/mol. The maximum atomic E-state index is 5.31. The van der Waals surface area contributed by atoms with Crippen LogP contribution in [0.3, 0.4) is 0 Å². The summed E-state index contributed by atoms with van der Waals surface area (Å²) in [6.07, 6.45) is 12.7. The zero-order chi connectivity index (χ0) is 14.1. The second kappa shape index (κ2) is 19.0. The van der Waals surface area contributed by atoms with Crippen LogP contribution in [0.2, 0.25) is 0 Å². The van der Waals surface area contributed by atoms with E-state index >= 15 is 0 Å². The Morgan fingerprint density at radius 1 is 1.00 bits per heavy atom. The van der Waals surface area contributed by atoms with Crippen molar-refractivity contribution in [3.8, 4) is 0 Å². The standard InChI is InChI=1S/C13H28O2.C3H6/c1-4-5-6-7-8-9-10-11-13(15-3)12-14-2;1-3-2/h13H,4-12H2,1-3H3;3H,1H2,2H3. The summed E-state index contributed by atoms with van der Waals surface area (Å²) >= 11 is 0. The van der Waals surface area contributed by atoms with Gasteiger partial charge in [0.1, 0.15) is 0 Å². The van der Waals surface area contributed by atoms with E-state index in [4.69, 9.17) is 9.47 Å². The third-order valence-electron chi connectivity index (χ3n) is 2.82. The van der Waals surface area contributed by atoms with Gasteiger partial charge in [-0.2, -0.15) is 0 Å². The minimum Gasteiger partial charge on any atom is -0.382 e. The van der Waals surface area contributed by atoms with Crippen molar-refractivity contribution in [3.05, 3.63) is 12.7 Å². The molecule has 0 aromatic carbocycles. The predicted molar refractivity (Wildman–Crippen MR) is 81.2 cm³/mol. The molecule has 0 bridgehead atoms. The first-order valence-electron chi connectivity index (χ1n) is 7.35. The summed E-state index contributed by atoms with van der Waals surface area (Å²) in [6, 6.07) is 0. The van der Waals surface area contributed by atoms with Crippen molar-refractivity contribution < 1.29 is 9.47 Å². The molecule has 0 aliphatic heterocycles. The van der Waals surface area contributed by atoms with Crippen LogP contribution in [0.25, 0.3) is 0 Å². The molecule has 2 nitrogen and oxygen atoms in total. The monoisotopic (exact) mass is 258 g/mol. The van der Waals surface area contributed by atoms with Crippen molar-refractivity contribution in [2.45, 2.75) is 71.3 Å². The summed E-state index contributed by atoms with van der Waals surface area (Å²) in [4.78, 5) is 0. The fourth-order valence-corrected chi connectivity index (χ4v) is 1.78. The maximum Gasteiger partial charge on any atom is 0.0804 e. The summed E-state index contributed by atoms with van der Waals surface area (Å²) in [6.45, 7) is 8.24. The summed E-state index contributed by atoms with van der Waals surface area (Å²) in [5.74, 6) is 0. The molecule has 0 rings (SSSR count). The predicted octanol–water partition coefficient (Wildman–Crippen LogP) is 4.98. The second-order valence-electron chi connectivity index (χ2n) is 4.63. The molecule has 0 heterocycles. The van der Waals surface area contributed by atoms with E-state index in [-0.39, 0.29) is 0 Å². The second-order valence-corrected chi connectivity index (χ2v) is 4.63. The first-order valence-corrected chi connectivity index (χ1v) is 7.35. The molecule has 0 radical (unpaired) electrons. The Labute approximate surface area is 115 Å². The van der Waals surface area contributed by atoms with E-state index in [0.717, 1.165) is 13.0 Å². The van der Waals surface area contributed by atoms with E-state index in [1.54, 1.807) is 20.3 Å². The number of unbranched alkanes of at least 4 members (excludes halogenated alkanes) is 6. The van der Waals surface area contributed by atoms with E-state index in [1.165, 1.54) is 44.9 Å². The van der Waals surface area contributed by atoms with Crippen LogP contribution in [-0.2, 0) is 9.47 Å². The van der Waals surface area contributed by atoms with E-state index in [0.29, 0.717) is 6.10 Å². The average Bonchev–Trinajstić information content (AvgIpc) is 2.37. The highest BCUT2D eigenvalue weighted by atomic mass is 16.5. The van der Waals surface area contributed by atoms with Crippen LogP contribution in [0, 0.1) is 0 Å². The summed E-state index contributed by atoms with van der Waals surface area (Å²) in [7, 11) is 3.50. The largest absolute Gasteiger partial charge is 0.382 e. The Hall–Kier alpha value is -0.340. The third-order valence-corrected chi connectivity index (χ3v) is 2.82. The Morgan fingerprint density at radius 2 is 1.50 bits per heavy atom. The molecule has 0 aromatic heterocycles. The van der Waals surface area contributed by atoms with Gasteiger partial charge in [0.2, 0.25) is 0 Å². The van der Waals surface area contributed by atoms with Crippen LogP contribution in [-0.4, -0.2) is 26.9 Å². The molecule has 1 unspecified atom stereocenters. The Kier molecular flexibility index (Phi) is 21.1. The third kappa shape index (κ3) is 18.0. The lowest BCUT2D eigenvalue weighted by atomic mass is 10.1. The summed E-state index contributed by atoms with van der Waals surface area (Å²) in [5, 5.41) is 0. The van der Waals surface area contributed by atoms with Gasteiger partial charge in [-0.15, -0.1) is 6.58 Å². The minimum absolute atomic E-state index is 0.297. The Morgan fingerprint density at radius 3 is 1.94 bits per heavy atom. The highest BCUT2D eigenvalue weighted by molar-refractivity contribution is 4.56. The molecule has 0 aliphatic rings. The molecule has 1 atom stereocenters. The van der Waals surface area contributed by atoms with Gasteiger partial charge in [0.15, 0.2) is 0 Å². The molecule has 0 amide bonds. The lowest BCUT2D eigenvalue weighted by molar-refractivity contribution is 0.0220. The SMILES string of the molecule is C=CC.CCCCCCCCCC(COC)OC. The van der Waals surface area contributed by atoms with Crippen LogP contribution in [0.5, 0.6) is 0 Å². The molecule has 0 saturated heterocycles. The van der Waals surface area contributed by atoms with E-state index in [9.17, 15) is 0 Å². The van der Waals surface area contributed by atoms with Crippen LogP contribution >= 0.6 is 0 Å². The van der Waals surface area contributed by atoms with E-state index in [2.05, 4.69) is 13.5 Å². The fourth-order valence-electron chi connectivity index (χ4n) is 1.78. The van der Waals surface area contributed by atoms with Crippen LogP contribution < -0.4 is 0 Å². The van der Waals surface area contributed by atoms with Crippen molar-refractivity contribution in [2.75, 3.05) is 20.8 Å². The minimum atomic E-state index is 0.297. The molecule has 2 heteroatoms. The van der Waals surface area contributed by atoms with Gasteiger partial charge >= 0.3 is 0 Å². The number of rotatable bonds is 11. The first kappa shape index (κ1) is 20.0. The lowest BCUT2D eigenvalue weighted by Gasteiger charge is -2.13. The van der Waals surface area contributed by atoms with Gasteiger partial charge in [-0.25, -0.2) is 0 Å². The fraction of sp³-hybridized carbons (Fsp3) is 0.875. The van der Waals surface area contributed by atoms with Crippen LogP contribution in [0.1, 0.15) is 65.2 Å². The van der Waals surface area contributed by atoms with Gasteiger partial charge in [0, 0.05) is 14.2 Å². The van der Waals surface area contributed by atoms with E-state index < -0.39 is 0 Å². The number of allylic oxidation sites excluding steroid dienone is 1. The molecule has 110 valence electrons. The van der Waals surface area contributed by atoms with Crippen molar-refractivity contribution in [2.24, 2.45) is 0 Å². The molecule has 0 saturated carbocycles. The van der Waals surface area contributed by atoms with Crippen molar-refractivity contribution in [1.82, 2.24) is 0 Å². The van der Waals surface area contributed by atoms with Gasteiger partial charge in [0.25, 0.3) is 0 Å². The molecule has 0 N–H and O–H groups in total. The number of ether oxygens (including phenoxy) is 2. The highest BCUT2D eigenvalue weighted by Gasteiger charge is 2.05. The molecular formula is C16H34O2. The van der Waals surface area contributed by atoms with Crippen molar-refractivity contribution in [3.63, 3.8) is 0 Å². The lowest BCUT2D eigenvalue weighted by Crippen LogP contribution is -2.16. The normalized spacial score (nSPS) is 11.6. The quantitative estimate of drug-likeness (QED) is 0.384. The topological polar surface area (TPSA) is 18.5 Å². The molecule has 18 heavy (non-hydrogen) atoms.